The van der Waals surface area contributed by atoms with Gasteiger partial charge in [0.05, 0.1) is 0 Å². The van der Waals surface area contributed by atoms with Crippen LogP contribution in [0.4, 0.5) is 0 Å². The highest BCUT2D eigenvalue weighted by Gasteiger charge is 2.17. The van der Waals surface area contributed by atoms with E-state index in [1.54, 1.807) is 7.05 Å². The molecule has 1 atom stereocenters. The second kappa shape index (κ2) is 4.51. The first kappa shape index (κ1) is 9.59. The van der Waals surface area contributed by atoms with Crippen LogP contribution in [-0.2, 0) is 0 Å². The molecule has 1 rings (SSSR count). The fourth-order valence-corrected chi connectivity index (χ4v) is 1.10. The Kier molecular flexibility index (Phi) is 3.60. The number of hydrogen-bond acceptors (Lipinski definition) is 4. The Labute approximate surface area is 77.0 Å². The van der Waals surface area contributed by atoms with E-state index < -0.39 is 0 Å². The summed E-state index contributed by atoms with van der Waals surface area (Å²) in [5.74, 6) is 6.35. The molecular weight excluding hydrogens is 170 g/mol. The van der Waals surface area contributed by atoms with E-state index in [1.165, 1.54) is 24.6 Å². The van der Waals surface area contributed by atoms with E-state index >= 15 is 0 Å². The molecule has 1 saturated carbocycles. The molecule has 0 aromatic heterocycles. The first-order chi connectivity index (χ1) is 5.72. The fourth-order valence-electron chi connectivity index (χ4n) is 0.611. The summed E-state index contributed by atoms with van der Waals surface area (Å²) in [5, 5.41) is 10.6. The standard InChI is InChI=1S/C8H13N3S/c1-11-8(10)12-7(9)5-4-6-2-3-6/h6,8-9,11H,2-3,10H2,1H3. The zero-order valence-corrected chi connectivity index (χ0v) is 7.87. The zero-order chi connectivity index (χ0) is 8.97. The van der Waals surface area contributed by atoms with Crippen molar-refractivity contribution in [1.82, 2.24) is 5.32 Å². The van der Waals surface area contributed by atoms with Crippen molar-refractivity contribution in [2.24, 2.45) is 11.7 Å². The first-order valence-corrected chi connectivity index (χ1v) is 4.80. The molecule has 0 amide bonds. The average molecular weight is 183 g/mol. The lowest BCUT2D eigenvalue weighted by Gasteiger charge is -2.05. The van der Waals surface area contributed by atoms with Crippen molar-refractivity contribution in [3.63, 3.8) is 0 Å². The van der Waals surface area contributed by atoms with Gasteiger partial charge in [0.2, 0.25) is 0 Å². The molecule has 0 heterocycles. The summed E-state index contributed by atoms with van der Waals surface area (Å²) in [5.41, 5.74) is 5.32. The van der Waals surface area contributed by atoms with Crippen LogP contribution in [0.5, 0.6) is 0 Å². The van der Waals surface area contributed by atoms with E-state index in [4.69, 9.17) is 11.1 Å². The van der Waals surface area contributed by atoms with Gasteiger partial charge in [-0.1, -0.05) is 17.7 Å². The Bertz CT molecular complexity index is 224. The van der Waals surface area contributed by atoms with Gasteiger partial charge in [-0.25, -0.2) is 0 Å². The maximum Gasteiger partial charge on any atom is 0.141 e. The van der Waals surface area contributed by atoms with Crippen LogP contribution in [0.25, 0.3) is 0 Å². The summed E-state index contributed by atoms with van der Waals surface area (Å²) in [6.45, 7) is 0. The third kappa shape index (κ3) is 3.77. The quantitative estimate of drug-likeness (QED) is 0.254. The molecule has 4 N–H and O–H groups in total. The van der Waals surface area contributed by atoms with Gasteiger partial charge in [0, 0.05) is 5.92 Å². The minimum atomic E-state index is -0.217. The first-order valence-electron chi connectivity index (χ1n) is 3.92. The Morgan fingerprint density at radius 2 is 2.42 bits per heavy atom. The summed E-state index contributed by atoms with van der Waals surface area (Å²) in [6, 6.07) is 0. The average Bonchev–Trinajstić information content (AvgIpc) is 2.83. The second-order valence-electron chi connectivity index (χ2n) is 2.70. The Morgan fingerprint density at radius 3 is 2.92 bits per heavy atom. The van der Waals surface area contributed by atoms with E-state index in [1.807, 2.05) is 0 Å². The number of nitrogens with one attached hydrogen (secondary N) is 2. The predicted molar refractivity (Wildman–Crippen MR) is 52.9 cm³/mol. The van der Waals surface area contributed by atoms with Gasteiger partial charge in [0.25, 0.3) is 0 Å². The monoisotopic (exact) mass is 183 g/mol. The van der Waals surface area contributed by atoms with Crippen LogP contribution < -0.4 is 11.1 Å². The summed E-state index contributed by atoms with van der Waals surface area (Å²) >= 11 is 1.25. The SMILES string of the molecule is CNC(N)SC(=N)C#CC1CC1. The highest BCUT2D eigenvalue weighted by molar-refractivity contribution is 8.14. The van der Waals surface area contributed by atoms with Crippen LogP contribution in [0.1, 0.15) is 12.8 Å². The van der Waals surface area contributed by atoms with Crippen molar-refractivity contribution < 1.29 is 0 Å². The summed E-state index contributed by atoms with van der Waals surface area (Å²) in [6.07, 6.45) is 2.39. The van der Waals surface area contributed by atoms with Crippen molar-refractivity contribution in [2.75, 3.05) is 7.05 Å². The van der Waals surface area contributed by atoms with Crippen LogP contribution in [-0.4, -0.2) is 17.6 Å². The van der Waals surface area contributed by atoms with Crippen molar-refractivity contribution in [1.29, 1.82) is 5.41 Å². The molecule has 1 aliphatic carbocycles. The van der Waals surface area contributed by atoms with E-state index in [9.17, 15) is 0 Å². The summed E-state index contributed by atoms with van der Waals surface area (Å²) in [4.78, 5) is 0. The van der Waals surface area contributed by atoms with E-state index in [2.05, 4.69) is 17.2 Å². The molecule has 4 heteroatoms. The van der Waals surface area contributed by atoms with E-state index in [0.29, 0.717) is 11.0 Å². The molecule has 0 saturated heterocycles. The molecule has 3 nitrogen and oxygen atoms in total. The largest absolute Gasteiger partial charge is 0.307 e. The molecule has 12 heavy (non-hydrogen) atoms. The topological polar surface area (TPSA) is 61.9 Å². The molecule has 0 bridgehead atoms. The van der Waals surface area contributed by atoms with Gasteiger partial charge in [-0.2, -0.15) is 0 Å². The van der Waals surface area contributed by atoms with Crippen molar-refractivity contribution in [3.8, 4) is 11.8 Å². The van der Waals surface area contributed by atoms with Gasteiger partial charge >= 0.3 is 0 Å². The van der Waals surface area contributed by atoms with Crippen LogP contribution in [0, 0.1) is 23.2 Å². The number of hydrogen-bond donors (Lipinski definition) is 3. The molecule has 1 aliphatic rings. The minimum Gasteiger partial charge on any atom is -0.307 e. The van der Waals surface area contributed by atoms with Gasteiger partial charge in [-0.05, 0) is 25.8 Å². The van der Waals surface area contributed by atoms with E-state index in [0.717, 1.165) is 0 Å². The Morgan fingerprint density at radius 1 is 1.75 bits per heavy atom. The normalized spacial score (nSPS) is 17.8. The van der Waals surface area contributed by atoms with Crippen LogP contribution in [0.3, 0.4) is 0 Å². The fraction of sp³-hybridized carbons (Fsp3) is 0.625. The lowest BCUT2D eigenvalue weighted by molar-refractivity contribution is 0.779. The maximum absolute atomic E-state index is 7.41. The smallest absolute Gasteiger partial charge is 0.141 e. The van der Waals surface area contributed by atoms with Gasteiger partial charge in [0.1, 0.15) is 10.5 Å². The van der Waals surface area contributed by atoms with Crippen molar-refractivity contribution in [3.05, 3.63) is 0 Å². The number of nitrogens with two attached hydrogens (primary N) is 1. The Hall–Kier alpha value is -0.500. The van der Waals surface area contributed by atoms with Crippen LogP contribution in [0.15, 0.2) is 0 Å². The summed E-state index contributed by atoms with van der Waals surface area (Å²) in [7, 11) is 1.76. The lowest BCUT2D eigenvalue weighted by Crippen LogP contribution is -2.31. The molecule has 0 radical (unpaired) electrons. The Balaban J connectivity index is 2.24. The van der Waals surface area contributed by atoms with Gasteiger partial charge < -0.3 is 5.73 Å². The lowest BCUT2D eigenvalue weighted by atomic mass is 10.4. The van der Waals surface area contributed by atoms with Crippen LogP contribution in [0.2, 0.25) is 0 Å². The van der Waals surface area contributed by atoms with Crippen LogP contribution >= 0.6 is 11.8 Å². The van der Waals surface area contributed by atoms with Crippen molar-refractivity contribution >= 4 is 16.8 Å². The zero-order valence-electron chi connectivity index (χ0n) is 7.05. The second-order valence-corrected chi connectivity index (χ2v) is 3.85. The van der Waals surface area contributed by atoms with E-state index in [-0.39, 0.29) is 5.50 Å². The third-order valence-corrected chi connectivity index (χ3v) is 2.32. The molecule has 0 aromatic rings. The van der Waals surface area contributed by atoms with Gasteiger partial charge in [-0.15, -0.1) is 0 Å². The highest BCUT2D eigenvalue weighted by Crippen LogP contribution is 2.27. The highest BCUT2D eigenvalue weighted by atomic mass is 32.2. The molecule has 1 unspecified atom stereocenters. The van der Waals surface area contributed by atoms with Gasteiger partial charge in [0.15, 0.2) is 0 Å². The molecule has 0 spiro atoms. The van der Waals surface area contributed by atoms with Gasteiger partial charge in [-0.3, -0.25) is 10.7 Å². The molecule has 66 valence electrons. The third-order valence-electron chi connectivity index (χ3n) is 1.50. The molecular formula is C8H13N3S. The molecule has 0 aromatic carbocycles. The minimum absolute atomic E-state index is 0.217. The number of thioether (sulfide) groups is 1. The molecule has 1 fully saturated rings. The van der Waals surface area contributed by atoms with Crippen molar-refractivity contribution in [2.45, 2.75) is 18.3 Å². The molecule has 0 aliphatic heterocycles. The summed E-state index contributed by atoms with van der Waals surface area (Å²) < 4.78 is 0. The maximum atomic E-state index is 7.41. The number of rotatable bonds is 2. The predicted octanol–water partition coefficient (Wildman–Crippen LogP) is 0.572.